The van der Waals surface area contributed by atoms with Crippen LogP contribution in [-0.4, -0.2) is 21.0 Å². The van der Waals surface area contributed by atoms with Crippen molar-refractivity contribution in [3.63, 3.8) is 0 Å². The van der Waals surface area contributed by atoms with Crippen molar-refractivity contribution in [2.75, 3.05) is 0 Å². The Hall–Kier alpha value is -2.64. The molecule has 0 aliphatic rings. The van der Waals surface area contributed by atoms with Crippen LogP contribution in [0.4, 0.5) is 13.2 Å². The number of nitrogens with zero attached hydrogens (tertiary/aromatic N) is 3. The molecule has 20 heavy (non-hydrogen) atoms. The summed E-state index contributed by atoms with van der Waals surface area (Å²) in [5.41, 5.74) is 5.65. The van der Waals surface area contributed by atoms with E-state index in [1.54, 1.807) is 0 Å². The Bertz CT molecular complexity index is 638. The third-order valence-electron chi connectivity index (χ3n) is 2.55. The molecule has 0 amide bonds. The van der Waals surface area contributed by atoms with Gasteiger partial charge in [-0.3, -0.25) is 0 Å². The second-order valence-electron chi connectivity index (χ2n) is 3.85. The molecule has 2 rings (SSSR count). The van der Waals surface area contributed by atoms with Crippen molar-refractivity contribution >= 4 is 5.84 Å². The van der Waals surface area contributed by atoms with Crippen LogP contribution in [0.25, 0.3) is 11.3 Å². The van der Waals surface area contributed by atoms with Crippen LogP contribution < -0.4 is 5.73 Å². The standard InChI is InChI=1S/C12H9F3N4O/c13-12(14,15)8-3-1-7(2-4-8)9-5-10(11(16)19-20)18-6-17-9/h1-6,20H,(H2,16,19). The highest BCUT2D eigenvalue weighted by Crippen LogP contribution is 2.30. The van der Waals surface area contributed by atoms with E-state index in [9.17, 15) is 13.2 Å². The van der Waals surface area contributed by atoms with Crippen molar-refractivity contribution in [2.24, 2.45) is 10.9 Å². The van der Waals surface area contributed by atoms with Crippen LogP contribution in [0.2, 0.25) is 0 Å². The molecule has 0 aliphatic heterocycles. The van der Waals surface area contributed by atoms with Crippen molar-refractivity contribution in [1.29, 1.82) is 0 Å². The number of nitrogens with two attached hydrogens (primary N) is 1. The first-order chi connectivity index (χ1) is 9.41. The zero-order valence-corrected chi connectivity index (χ0v) is 9.96. The maximum atomic E-state index is 12.5. The lowest BCUT2D eigenvalue weighted by molar-refractivity contribution is -0.137. The number of amidine groups is 1. The summed E-state index contributed by atoms with van der Waals surface area (Å²) in [6.07, 6.45) is -3.20. The summed E-state index contributed by atoms with van der Waals surface area (Å²) in [6, 6.07) is 5.92. The highest BCUT2D eigenvalue weighted by molar-refractivity contribution is 5.95. The van der Waals surface area contributed by atoms with E-state index in [1.165, 1.54) is 24.5 Å². The molecular formula is C12H9F3N4O. The zero-order valence-electron chi connectivity index (χ0n) is 9.96. The molecule has 0 saturated heterocycles. The Morgan fingerprint density at radius 3 is 2.35 bits per heavy atom. The molecule has 5 nitrogen and oxygen atoms in total. The first kappa shape index (κ1) is 13.8. The van der Waals surface area contributed by atoms with Gasteiger partial charge in [0, 0.05) is 5.56 Å². The van der Waals surface area contributed by atoms with E-state index in [0.717, 1.165) is 12.1 Å². The molecule has 0 bridgehead atoms. The molecule has 1 heterocycles. The van der Waals surface area contributed by atoms with Gasteiger partial charge >= 0.3 is 6.18 Å². The predicted octanol–water partition coefficient (Wildman–Crippen LogP) is 2.26. The van der Waals surface area contributed by atoms with Crippen molar-refractivity contribution in [1.82, 2.24) is 9.97 Å². The predicted molar refractivity (Wildman–Crippen MR) is 65.0 cm³/mol. The van der Waals surface area contributed by atoms with E-state index in [0.29, 0.717) is 11.3 Å². The topological polar surface area (TPSA) is 84.4 Å². The number of benzene rings is 1. The van der Waals surface area contributed by atoms with Gasteiger partial charge in [-0.15, -0.1) is 0 Å². The van der Waals surface area contributed by atoms with Crippen LogP contribution in [0.3, 0.4) is 0 Å². The maximum Gasteiger partial charge on any atom is 0.416 e. The molecule has 0 atom stereocenters. The van der Waals surface area contributed by atoms with Gasteiger partial charge in [0.25, 0.3) is 0 Å². The van der Waals surface area contributed by atoms with Crippen LogP contribution in [0, 0.1) is 0 Å². The molecule has 3 N–H and O–H groups in total. The number of hydrogen-bond acceptors (Lipinski definition) is 4. The van der Waals surface area contributed by atoms with Crippen molar-refractivity contribution in [2.45, 2.75) is 6.18 Å². The monoisotopic (exact) mass is 282 g/mol. The first-order valence-corrected chi connectivity index (χ1v) is 5.39. The second kappa shape index (κ2) is 5.16. The van der Waals surface area contributed by atoms with Gasteiger partial charge in [-0.1, -0.05) is 17.3 Å². The minimum Gasteiger partial charge on any atom is -0.409 e. The number of halogens is 3. The van der Waals surface area contributed by atoms with Gasteiger partial charge in [0.15, 0.2) is 5.84 Å². The Morgan fingerprint density at radius 2 is 1.80 bits per heavy atom. The highest BCUT2D eigenvalue weighted by atomic mass is 19.4. The number of hydrogen-bond donors (Lipinski definition) is 2. The van der Waals surface area contributed by atoms with Gasteiger partial charge in [0.2, 0.25) is 0 Å². The van der Waals surface area contributed by atoms with Gasteiger partial charge in [0.05, 0.1) is 11.3 Å². The lowest BCUT2D eigenvalue weighted by atomic mass is 10.1. The summed E-state index contributed by atoms with van der Waals surface area (Å²) < 4.78 is 37.4. The van der Waals surface area contributed by atoms with E-state index in [2.05, 4.69) is 15.1 Å². The second-order valence-corrected chi connectivity index (χ2v) is 3.85. The molecule has 8 heteroatoms. The van der Waals surface area contributed by atoms with E-state index in [-0.39, 0.29) is 11.5 Å². The minimum atomic E-state index is -4.39. The number of rotatable bonds is 2. The Balaban J connectivity index is 2.37. The Morgan fingerprint density at radius 1 is 1.15 bits per heavy atom. The summed E-state index contributed by atoms with van der Waals surface area (Å²) in [4.78, 5) is 7.72. The lowest BCUT2D eigenvalue weighted by Gasteiger charge is -2.07. The van der Waals surface area contributed by atoms with Gasteiger partial charge in [0.1, 0.15) is 12.0 Å². The van der Waals surface area contributed by atoms with Crippen LogP contribution in [0.5, 0.6) is 0 Å². The molecule has 0 unspecified atom stereocenters. The van der Waals surface area contributed by atoms with E-state index in [4.69, 9.17) is 10.9 Å². The van der Waals surface area contributed by atoms with Crippen LogP contribution in [-0.2, 0) is 6.18 Å². The fourth-order valence-corrected chi connectivity index (χ4v) is 1.54. The molecular weight excluding hydrogens is 273 g/mol. The molecule has 104 valence electrons. The third-order valence-corrected chi connectivity index (χ3v) is 2.55. The molecule has 1 aromatic carbocycles. The average Bonchev–Trinajstić information content (AvgIpc) is 2.46. The Labute approximate surface area is 111 Å². The smallest absolute Gasteiger partial charge is 0.409 e. The molecule has 0 fully saturated rings. The third kappa shape index (κ3) is 2.85. The largest absolute Gasteiger partial charge is 0.416 e. The SMILES string of the molecule is N/C(=N/O)c1cc(-c2ccc(C(F)(F)F)cc2)ncn1. The molecule has 0 aliphatic carbocycles. The molecule has 0 radical (unpaired) electrons. The van der Waals surface area contributed by atoms with Crippen molar-refractivity contribution in [3.05, 3.63) is 47.9 Å². The first-order valence-electron chi connectivity index (χ1n) is 5.39. The van der Waals surface area contributed by atoms with Crippen molar-refractivity contribution in [3.8, 4) is 11.3 Å². The van der Waals surface area contributed by atoms with Crippen LogP contribution >= 0.6 is 0 Å². The zero-order chi connectivity index (χ0) is 14.8. The number of aromatic nitrogens is 2. The quantitative estimate of drug-likeness (QED) is 0.383. The van der Waals surface area contributed by atoms with Crippen LogP contribution in [0.15, 0.2) is 41.8 Å². The molecule has 1 aromatic heterocycles. The summed E-state index contributed by atoms with van der Waals surface area (Å²) in [7, 11) is 0. The normalized spacial score (nSPS) is 12.4. The van der Waals surface area contributed by atoms with E-state index >= 15 is 0 Å². The van der Waals surface area contributed by atoms with Gasteiger partial charge < -0.3 is 10.9 Å². The molecule has 0 saturated carbocycles. The minimum absolute atomic E-state index is 0.178. The fraction of sp³-hybridized carbons (Fsp3) is 0.0833. The van der Waals surface area contributed by atoms with Crippen LogP contribution in [0.1, 0.15) is 11.3 Å². The van der Waals surface area contributed by atoms with Gasteiger partial charge in [-0.05, 0) is 18.2 Å². The van der Waals surface area contributed by atoms with Gasteiger partial charge in [-0.25, -0.2) is 9.97 Å². The fourth-order valence-electron chi connectivity index (χ4n) is 1.54. The number of oxime groups is 1. The van der Waals surface area contributed by atoms with E-state index < -0.39 is 11.7 Å². The molecule has 2 aromatic rings. The summed E-state index contributed by atoms with van der Waals surface area (Å²) >= 11 is 0. The summed E-state index contributed by atoms with van der Waals surface area (Å²) in [6.45, 7) is 0. The lowest BCUT2D eigenvalue weighted by Crippen LogP contribution is -2.15. The average molecular weight is 282 g/mol. The summed E-state index contributed by atoms with van der Waals surface area (Å²) in [5, 5.41) is 11.3. The number of alkyl halides is 3. The summed E-state index contributed by atoms with van der Waals surface area (Å²) in [5.74, 6) is -0.208. The highest BCUT2D eigenvalue weighted by Gasteiger charge is 2.30. The van der Waals surface area contributed by atoms with Crippen molar-refractivity contribution < 1.29 is 18.4 Å². The van der Waals surface area contributed by atoms with Gasteiger partial charge in [-0.2, -0.15) is 13.2 Å². The maximum absolute atomic E-state index is 12.5. The molecule has 0 spiro atoms. The van der Waals surface area contributed by atoms with E-state index in [1.807, 2.05) is 0 Å². The Kier molecular flexibility index (Phi) is 3.55.